The molecule has 2 aromatic carbocycles. The molecule has 0 N–H and O–H groups in total. The van der Waals surface area contributed by atoms with E-state index in [-0.39, 0.29) is 5.78 Å². The van der Waals surface area contributed by atoms with E-state index < -0.39 is 0 Å². The Bertz CT molecular complexity index is 744. The standard InChI is InChI=1S/C17H17N2O/c1-14(20)11-18-13-19(12-15-7-3-2-4-8-15)17-10-6-5-9-16(17)18/h2-10,13H,11-12H2,1H3/q+1. The minimum Gasteiger partial charge on any atom is -0.296 e. The van der Waals surface area contributed by atoms with E-state index in [1.807, 2.05) is 41.2 Å². The average molecular weight is 265 g/mol. The van der Waals surface area contributed by atoms with Gasteiger partial charge in [0.2, 0.25) is 6.33 Å². The fourth-order valence-corrected chi connectivity index (χ4v) is 2.51. The van der Waals surface area contributed by atoms with Gasteiger partial charge in [-0.05, 0) is 24.6 Å². The van der Waals surface area contributed by atoms with Crippen LogP contribution in [0.15, 0.2) is 60.9 Å². The third-order valence-corrected chi connectivity index (χ3v) is 3.37. The Morgan fingerprint density at radius 2 is 1.75 bits per heavy atom. The zero-order chi connectivity index (χ0) is 13.9. The van der Waals surface area contributed by atoms with Crippen LogP contribution in [0.2, 0.25) is 0 Å². The third kappa shape index (κ3) is 2.48. The van der Waals surface area contributed by atoms with Gasteiger partial charge in [-0.25, -0.2) is 9.13 Å². The van der Waals surface area contributed by atoms with Gasteiger partial charge in [-0.1, -0.05) is 42.5 Å². The fourth-order valence-electron chi connectivity index (χ4n) is 2.51. The molecule has 0 unspecified atom stereocenters. The van der Waals surface area contributed by atoms with Crippen LogP contribution in [0, 0.1) is 0 Å². The van der Waals surface area contributed by atoms with Crippen molar-refractivity contribution >= 4 is 16.8 Å². The van der Waals surface area contributed by atoms with Crippen molar-refractivity contribution in [3.05, 3.63) is 66.5 Å². The molecule has 0 aliphatic rings. The molecule has 100 valence electrons. The van der Waals surface area contributed by atoms with Crippen LogP contribution in [0.4, 0.5) is 0 Å². The largest absolute Gasteiger partial charge is 0.296 e. The molecule has 3 rings (SSSR count). The molecule has 1 aromatic heterocycles. The predicted molar refractivity (Wildman–Crippen MR) is 78.4 cm³/mol. The molecule has 3 nitrogen and oxygen atoms in total. The lowest BCUT2D eigenvalue weighted by Crippen LogP contribution is -2.32. The number of para-hydroxylation sites is 2. The second-order valence-corrected chi connectivity index (χ2v) is 5.05. The highest BCUT2D eigenvalue weighted by Crippen LogP contribution is 2.11. The number of carbonyl (C=O) groups excluding carboxylic acids is 1. The Hall–Kier alpha value is -2.42. The van der Waals surface area contributed by atoms with Crippen LogP contribution in [-0.4, -0.2) is 10.4 Å². The van der Waals surface area contributed by atoms with Gasteiger partial charge in [0.15, 0.2) is 16.8 Å². The number of hydrogen-bond acceptors (Lipinski definition) is 1. The van der Waals surface area contributed by atoms with Gasteiger partial charge in [-0.2, -0.15) is 0 Å². The zero-order valence-corrected chi connectivity index (χ0v) is 11.5. The van der Waals surface area contributed by atoms with E-state index in [9.17, 15) is 4.79 Å². The van der Waals surface area contributed by atoms with Crippen molar-refractivity contribution in [3.63, 3.8) is 0 Å². The summed E-state index contributed by atoms with van der Waals surface area (Å²) >= 11 is 0. The summed E-state index contributed by atoms with van der Waals surface area (Å²) in [5.74, 6) is 0.164. The number of fused-ring (bicyclic) bond motifs is 1. The predicted octanol–water partition coefficient (Wildman–Crippen LogP) is 2.57. The van der Waals surface area contributed by atoms with Gasteiger partial charge in [-0.15, -0.1) is 0 Å². The minimum absolute atomic E-state index is 0.164. The summed E-state index contributed by atoms with van der Waals surface area (Å²) in [5.41, 5.74) is 3.50. The first kappa shape index (κ1) is 12.6. The first-order valence-electron chi connectivity index (χ1n) is 6.75. The number of aromatic nitrogens is 2. The molecule has 0 amide bonds. The monoisotopic (exact) mass is 265 g/mol. The Kier molecular flexibility index (Phi) is 3.33. The Balaban J connectivity index is 2.04. The molecule has 20 heavy (non-hydrogen) atoms. The number of imidazole rings is 1. The van der Waals surface area contributed by atoms with Gasteiger partial charge in [0, 0.05) is 0 Å². The van der Waals surface area contributed by atoms with Gasteiger partial charge in [-0.3, -0.25) is 4.79 Å². The molecule has 0 saturated carbocycles. The number of nitrogens with zero attached hydrogens (tertiary/aromatic N) is 2. The van der Waals surface area contributed by atoms with Gasteiger partial charge in [0.1, 0.15) is 13.1 Å². The van der Waals surface area contributed by atoms with E-state index >= 15 is 0 Å². The Morgan fingerprint density at radius 3 is 2.50 bits per heavy atom. The van der Waals surface area contributed by atoms with E-state index in [1.165, 1.54) is 5.56 Å². The molecule has 0 saturated heterocycles. The topological polar surface area (TPSA) is 25.9 Å². The van der Waals surface area contributed by atoms with Crippen molar-refractivity contribution in [2.75, 3.05) is 0 Å². The number of hydrogen-bond donors (Lipinski definition) is 0. The highest BCUT2D eigenvalue weighted by molar-refractivity contribution is 5.78. The van der Waals surface area contributed by atoms with Crippen LogP contribution < -0.4 is 4.57 Å². The molecule has 0 bridgehead atoms. The molecule has 0 fully saturated rings. The molecule has 3 aromatic rings. The summed E-state index contributed by atoms with van der Waals surface area (Å²) in [5, 5.41) is 0. The maximum atomic E-state index is 11.4. The molecule has 0 radical (unpaired) electrons. The molecular formula is C17H17N2O+. The third-order valence-electron chi connectivity index (χ3n) is 3.37. The fraction of sp³-hybridized carbons (Fsp3) is 0.176. The molecule has 0 atom stereocenters. The summed E-state index contributed by atoms with van der Waals surface area (Å²) < 4.78 is 4.20. The Morgan fingerprint density at radius 1 is 1.05 bits per heavy atom. The van der Waals surface area contributed by atoms with E-state index in [2.05, 4.69) is 28.8 Å². The lowest BCUT2D eigenvalue weighted by molar-refractivity contribution is -0.663. The molecule has 0 spiro atoms. The quantitative estimate of drug-likeness (QED) is 0.666. The lowest BCUT2D eigenvalue weighted by atomic mass is 10.2. The number of Topliss-reactive ketones (excluding diaryl/α,β-unsaturated/α-hetero) is 1. The van der Waals surface area contributed by atoms with Crippen LogP contribution in [0.5, 0.6) is 0 Å². The van der Waals surface area contributed by atoms with Crippen molar-refractivity contribution in [2.24, 2.45) is 0 Å². The van der Waals surface area contributed by atoms with Crippen LogP contribution in [0.3, 0.4) is 0 Å². The average Bonchev–Trinajstić information content (AvgIpc) is 2.78. The maximum absolute atomic E-state index is 11.4. The molecule has 3 heteroatoms. The van der Waals surface area contributed by atoms with Gasteiger partial charge in [0.25, 0.3) is 0 Å². The molecule has 0 aliphatic carbocycles. The molecule has 1 heterocycles. The molecule has 0 aliphatic heterocycles. The normalized spacial score (nSPS) is 10.8. The SMILES string of the molecule is CC(=O)Cn1c[n+](Cc2ccccc2)c2ccccc21. The minimum atomic E-state index is 0.164. The van der Waals surface area contributed by atoms with Gasteiger partial charge < -0.3 is 0 Å². The summed E-state index contributed by atoms with van der Waals surface area (Å²) in [4.78, 5) is 11.4. The smallest absolute Gasteiger partial charge is 0.245 e. The van der Waals surface area contributed by atoms with Crippen molar-refractivity contribution in [2.45, 2.75) is 20.0 Å². The van der Waals surface area contributed by atoms with Crippen LogP contribution in [0.1, 0.15) is 12.5 Å². The van der Waals surface area contributed by atoms with E-state index in [4.69, 9.17) is 0 Å². The van der Waals surface area contributed by atoms with Crippen LogP contribution in [0.25, 0.3) is 11.0 Å². The van der Waals surface area contributed by atoms with E-state index in [0.717, 1.165) is 17.6 Å². The van der Waals surface area contributed by atoms with Crippen molar-refractivity contribution < 1.29 is 9.36 Å². The second kappa shape index (κ2) is 5.29. The van der Waals surface area contributed by atoms with Crippen LogP contribution >= 0.6 is 0 Å². The van der Waals surface area contributed by atoms with E-state index in [1.54, 1.807) is 6.92 Å². The number of ketones is 1. The van der Waals surface area contributed by atoms with Crippen LogP contribution in [-0.2, 0) is 17.9 Å². The zero-order valence-electron chi connectivity index (χ0n) is 11.5. The highest BCUT2D eigenvalue weighted by Gasteiger charge is 2.16. The van der Waals surface area contributed by atoms with Gasteiger partial charge >= 0.3 is 0 Å². The lowest BCUT2D eigenvalue weighted by Gasteiger charge is -1.97. The van der Waals surface area contributed by atoms with E-state index in [0.29, 0.717) is 6.54 Å². The number of benzene rings is 2. The number of rotatable bonds is 4. The summed E-state index contributed by atoms with van der Waals surface area (Å²) in [6.07, 6.45) is 2.03. The van der Waals surface area contributed by atoms with Crippen molar-refractivity contribution in [3.8, 4) is 0 Å². The van der Waals surface area contributed by atoms with Crippen molar-refractivity contribution in [1.29, 1.82) is 0 Å². The highest BCUT2D eigenvalue weighted by atomic mass is 16.1. The van der Waals surface area contributed by atoms with Gasteiger partial charge in [0.05, 0.1) is 0 Å². The Labute approximate surface area is 118 Å². The second-order valence-electron chi connectivity index (χ2n) is 5.05. The molecular weight excluding hydrogens is 248 g/mol. The summed E-state index contributed by atoms with van der Waals surface area (Å²) in [6, 6.07) is 18.5. The number of carbonyl (C=O) groups is 1. The maximum Gasteiger partial charge on any atom is 0.245 e. The first-order valence-corrected chi connectivity index (χ1v) is 6.75. The summed E-state index contributed by atoms with van der Waals surface area (Å²) in [6.45, 7) is 2.85. The summed E-state index contributed by atoms with van der Waals surface area (Å²) in [7, 11) is 0. The first-order chi connectivity index (χ1) is 9.74. The van der Waals surface area contributed by atoms with Crippen molar-refractivity contribution in [1.82, 2.24) is 4.57 Å².